The normalized spacial score (nSPS) is 47.4. The third kappa shape index (κ3) is 1.19. The van der Waals surface area contributed by atoms with Gasteiger partial charge in [-0.3, -0.25) is 14.7 Å². The van der Waals surface area contributed by atoms with Crippen LogP contribution in [0.15, 0.2) is 12.3 Å². The van der Waals surface area contributed by atoms with Gasteiger partial charge in [-0.2, -0.15) is 0 Å². The first-order valence-electron chi connectivity index (χ1n) is 6.63. The molecule has 4 unspecified atom stereocenters. The Morgan fingerprint density at radius 2 is 2.35 bits per heavy atom. The summed E-state index contributed by atoms with van der Waals surface area (Å²) < 4.78 is 5.80. The standard InChI is InChI=1S/C13H17NO3/c15-12-8-9-10-4-3-6-13(9,16-12)11-5-1-2-7-14(11)17-10/h2,7,9-11H,1,3-6,8H2. The van der Waals surface area contributed by atoms with Gasteiger partial charge in [0.25, 0.3) is 0 Å². The summed E-state index contributed by atoms with van der Waals surface area (Å²) in [6, 6.07) is 0.237. The van der Waals surface area contributed by atoms with Crippen molar-refractivity contribution >= 4 is 5.97 Å². The fourth-order valence-corrected chi connectivity index (χ4v) is 4.14. The number of carbonyl (C=O) groups excluding carboxylic acids is 1. The molecule has 4 aliphatic rings. The van der Waals surface area contributed by atoms with E-state index in [0.717, 1.165) is 32.1 Å². The highest BCUT2D eigenvalue weighted by atomic mass is 16.7. The van der Waals surface area contributed by atoms with E-state index < -0.39 is 0 Å². The summed E-state index contributed by atoms with van der Waals surface area (Å²) in [7, 11) is 0. The minimum absolute atomic E-state index is 0.0260. The Bertz CT molecular complexity index is 394. The molecule has 1 aliphatic carbocycles. The van der Waals surface area contributed by atoms with Crippen molar-refractivity contribution in [1.82, 2.24) is 5.06 Å². The predicted molar refractivity (Wildman–Crippen MR) is 59.7 cm³/mol. The molecule has 0 radical (unpaired) electrons. The third-order valence-electron chi connectivity index (χ3n) is 4.81. The van der Waals surface area contributed by atoms with Crippen LogP contribution in [0.5, 0.6) is 0 Å². The predicted octanol–water partition coefficient (Wildman–Crippen LogP) is 1.76. The van der Waals surface area contributed by atoms with Crippen LogP contribution in [-0.2, 0) is 14.4 Å². The number of hydrogen-bond donors (Lipinski definition) is 0. The minimum Gasteiger partial charge on any atom is -0.456 e. The fourth-order valence-electron chi connectivity index (χ4n) is 4.14. The molecule has 0 aromatic rings. The van der Waals surface area contributed by atoms with Crippen molar-refractivity contribution in [2.45, 2.75) is 56.3 Å². The van der Waals surface area contributed by atoms with Crippen LogP contribution in [0, 0.1) is 5.92 Å². The quantitative estimate of drug-likeness (QED) is 0.600. The third-order valence-corrected chi connectivity index (χ3v) is 4.81. The first-order valence-corrected chi connectivity index (χ1v) is 6.63. The van der Waals surface area contributed by atoms with Gasteiger partial charge < -0.3 is 4.74 Å². The van der Waals surface area contributed by atoms with Crippen molar-refractivity contribution < 1.29 is 14.4 Å². The van der Waals surface area contributed by atoms with Crippen molar-refractivity contribution in [3.05, 3.63) is 12.3 Å². The topological polar surface area (TPSA) is 38.8 Å². The van der Waals surface area contributed by atoms with Gasteiger partial charge in [-0.15, -0.1) is 0 Å². The molecule has 2 saturated heterocycles. The maximum atomic E-state index is 11.7. The van der Waals surface area contributed by atoms with E-state index in [9.17, 15) is 4.79 Å². The Hall–Kier alpha value is -1.03. The van der Waals surface area contributed by atoms with Crippen LogP contribution < -0.4 is 0 Å². The lowest BCUT2D eigenvalue weighted by molar-refractivity contribution is -0.308. The molecule has 0 spiro atoms. The van der Waals surface area contributed by atoms with Crippen molar-refractivity contribution in [3.8, 4) is 0 Å². The number of esters is 1. The lowest BCUT2D eigenvalue weighted by atomic mass is 9.67. The summed E-state index contributed by atoms with van der Waals surface area (Å²) in [6.07, 6.45) is 10.2. The Labute approximate surface area is 101 Å². The molecule has 4 atom stereocenters. The van der Waals surface area contributed by atoms with E-state index in [4.69, 9.17) is 9.57 Å². The van der Waals surface area contributed by atoms with Gasteiger partial charge in [0.1, 0.15) is 5.60 Å². The smallest absolute Gasteiger partial charge is 0.306 e. The van der Waals surface area contributed by atoms with Gasteiger partial charge in [0.15, 0.2) is 0 Å². The van der Waals surface area contributed by atoms with E-state index in [1.54, 1.807) is 0 Å². The van der Waals surface area contributed by atoms with Gasteiger partial charge in [-0.25, -0.2) is 0 Å². The number of hydroxylamine groups is 2. The zero-order valence-corrected chi connectivity index (χ0v) is 9.80. The number of allylic oxidation sites excluding steroid dienone is 1. The Morgan fingerprint density at radius 1 is 1.41 bits per heavy atom. The maximum Gasteiger partial charge on any atom is 0.306 e. The number of hydrogen-bond acceptors (Lipinski definition) is 4. The average molecular weight is 235 g/mol. The summed E-state index contributed by atoms with van der Waals surface area (Å²) in [5.41, 5.74) is -0.247. The molecule has 17 heavy (non-hydrogen) atoms. The summed E-state index contributed by atoms with van der Waals surface area (Å²) in [4.78, 5) is 17.7. The van der Waals surface area contributed by atoms with E-state index in [1.807, 2.05) is 11.3 Å². The molecule has 2 bridgehead atoms. The number of nitrogens with zero attached hydrogens (tertiary/aromatic N) is 1. The van der Waals surface area contributed by atoms with Gasteiger partial charge in [0, 0.05) is 12.1 Å². The van der Waals surface area contributed by atoms with Crippen LogP contribution in [0.2, 0.25) is 0 Å². The molecule has 4 nitrogen and oxygen atoms in total. The van der Waals surface area contributed by atoms with Crippen LogP contribution in [0.25, 0.3) is 0 Å². The van der Waals surface area contributed by atoms with Crippen molar-refractivity contribution in [3.63, 3.8) is 0 Å². The highest BCUT2D eigenvalue weighted by Gasteiger charge is 2.63. The molecule has 0 N–H and O–H groups in total. The zero-order chi connectivity index (χ0) is 11.5. The van der Waals surface area contributed by atoms with E-state index in [2.05, 4.69) is 6.08 Å². The summed E-state index contributed by atoms with van der Waals surface area (Å²) >= 11 is 0. The molecular weight excluding hydrogens is 218 g/mol. The maximum absolute atomic E-state index is 11.7. The van der Waals surface area contributed by atoms with Gasteiger partial charge in [0.05, 0.1) is 18.6 Å². The number of fused-ring (bicyclic) bond motifs is 1. The Balaban J connectivity index is 1.79. The summed E-state index contributed by atoms with van der Waals surface area (Å²) in [5.74, 6) is 0.262. The molecule has 0 amide bonds. The first-order chi connectivity index (χ1) is 8.29. The van der Waals surface area contributed by atoms with Crippen LogP contribution in [-0.4, -0.2) is 28.8 Å². The highest BCUT2D eigenvalue weighted by Crippen LogP contribution is 2.53. The first kappa shape index (κ1) is 9.95. The lowest BCUT2D eigenvalue weighted by Crippen LogP contribution is -2.65. The zero-order valence-electron chi connectivity index (χ0n) is 9.80. The van der Waals surface area contributed by atoms with Crippen LogP contribution in [0.1, 0.15) is 38.5 Å². The molecular formula is C13H17NO3. The van der Waals surface area contributed by atoms with E-state index in [0.29, 0.717) is 6.42 Å². The van der Waals surface area contributed by atoms with Crippen molar-refractivity contribution in [2.24, 2.45) is 5.92 Å². The molecule has 0 aromatic heterocycles. The van der Waals surface area contributed by atoms with Crippen LogP contribution >= 0.6 is 0 Å². The molecule has 4 heteroatoms. The second-order valence-corrected chi connectivity index (χ2v) is 5.61. The monoisotopic (exact) mass is 235 g/mol. The number of rotatable bonds is 0. The molecule has 3 aliphatic heterocycles. The Kier molecular flexibility index (Phi) is 1.90. The number of carbonyl (C=O) groups is 1. The van der Waals surface area contributed by atoms with E-state index in [1.165, 1.54) is 0 Å². The molecule has 0 aromatic carbocycles. The minimum atomic E-state index is -0.247. The summed E-state index contributed by atoms with van der Waals surface area (Å²) in [6.45, 7) is 0. The van der Waals surface area contributed by atoms with Crippen molar-refractivity contribution in [2.75, 3.05) is 0 Å². The fraction of sp³-hybridized carbons (Fsp3) is 0.769. The van der Waals surface area contributed by atoms with E-state index >= 15 is 0 Å². The second-order valence-electron chi connectivity index (χ2n) is 5.61. The van der Waals surface area contributed by atoms with Gasteiger partial charge in [-0.1, -0.05) is 6.08 Å². The Morgan fingerprint density at radius 3 is 3.29 bits per heavy atom. The van der Waals surface area contributed by atoms with Gasteiger partial charge in [0.2, 0.25) is 0 Å². The lowest BCUT2D eigenvalue weighted by Gasteiger charge is -2.55. The van der Waals surface area contributed by atoms with Crippen LogP contribution in [0.4, 0.5) is 0 Å². The summed E-state index contributed by atoms with van der Waals surface area (Å²) in [5, 5.41) is 1.96. The molecule has 4 rings (SSSR count). The van der Waals surface area contributed by atoms with Crippen LogP contribution in [0.3, 0.4) is 0 Å². The van der Waals surface area contributed by atoms with Crippen molar-refractivity contribution in [1.29, 1.82) is 0 Å². The molecule has 92 valence electrons. The molecule has 3 heterocycles. The van der Waals surface area contributed by atoms with Gasteiger partial charge in [-0.05, 0) is 32.1 Å². The largest absolute Gasteiger partial charge is 0.456 e. The SMILES string of the molecule is O=C1CC2C3CCCC2(O1)C1CCC=CN1O3. The average Bonchev–Trinajstić information content (AvgIpc) is 2.67. The van der Waals surface area contributed by atoms with E-state index in [-0.39, 0.29) is 29.6 Å². The highest BCUT2D eigenvalue weighted by molar-refractivity contribution is 5.73. The second kappa shape index (κ2) is 3.25. The molecule has 1 saturated carbocycles. The molecule has 3 fully saturated rings. The van der Waals surface area contributed by atoms with Gasteiger partial charge >= 0.3 is 5.97 Å². The number of ether oxygens (including phenoxy) is 1.